The maximum absolute atomic E-state index is 4.38. The lowest BCUT2D eigenvalue weighted by Gasteiger charge is -2.04. The number of nitrogens with one attached hydrogen (secondary N) is 1. The third-order valence-electron chi connectivity index (χ3n) is 2.47. The van der Waals surface area contributed by atoms with Gasteiger partial charge in [0, 0.05) is 19.3 Å². The summed E-state index contributed by atoms with van der Waals surface area (Å²) in [5.74, 6) is 1.03. The maximum atomic E-state index is 4.38. The Hall–Kier alpha value is -1.84. The van der Waals surface area contributed by atoms with Crippen LogP contribution in [0.15, 0.2) is 30.5 Å². The number of anilines is 1. The molecule has 0 spiro atoms. The van der Waals surface area contributed by atoms with Crippen molar-refractivity contribution in [2.75, 3.05) is 5.32 Å². The lowest BCUT2D eigenvalue weighted by atomic mass is 10.3. The molecule has 2 aromatic heterocycles. The summed E-state index contributed by atoms with van der Waals surface area (Å²) >= 11 is 0. The second-order valence-electron chi connectivity index (χ2n) is 3.67. The molecular formula is C12H16N4. The molecule has 1 N–H and O–H groups in total. The van der Waals surface area contributed by atoms with Crippen molar-refractivity contribution in [2.45, 2.75) is 19.9 Å². The van der Waals surface area contributed by atoms with Crippen LogP contribution in [0.4, 0.5) is 5.82 Å². The highest BCUT2D eigenvalue weighted by Crippen LogP contribution is 2.10. The Morgan fingerprint density at radius 2 is 2.19 bits per heavy atom. The monoisotopic (exact) mass is 216 g/mol. The van der Waals surface area contributed by atoms with Crippen LogP contribution in [-0.2, 0) is 20.0 Å². The summed E-state index contributed by atoms with van der Waals surface area (Å²) in [6, 6.07) is 7.99. The summed E-state index contributed by atoms with van der Waals surface area (Å²) in [7, 11) is 1.94. The molecule has 84 valence electrons. The molecule has 0 aliphatic heterocycles. The maximum Gasteiger partial charge on any atom is 0.124 e. The molecule has 0 saturated heterocycles. The van der Waals surface area contributed by atoms with E-state index in [2.05, 4.69) is 28.4 Å². The van der Waals surface area contributed by atoms with E-state index in [1.807, 2.05) is 29.9 Å². The molecule has 0 fully saturated rings. The zero-order valence-electron chi connectivity index (χ0n) is 9.64. The predicted octanol–water partition coefficient (Wildman–Crippen LogP) is 1.99. The Morgan fingerprint density at radius 1 is 1.31 bits per heavy atom. The molecule has 2 heterocycles. The molecule has 0 aliphatic rings. The quantitative estimate of drug-likeness (QED) is 0.850. The highest BCUT2D eigenvalue weighted by Gasteiger charge is 2.02. The Bertz CT molecular complexity index is 447. The molecule has 0 aliphatic carbocycles. The predicted molar refractivity (Wildman–Crippen MR) is 64.1 cm³/mol. The van der Waals surface area contributed by atoms with Crippen LogP contribution in [0.5, 0.6) is 0 Å². The highest BCUT2D eigenvalue weighted by atomic mass is 15.3. The van der Waals surface area contributed by atoms with Gasteiger partial charge in [-0.1, -0.05) is 13.0 Å². The van der Waals surface area contributed by atoms with Gasteiger partial charge in [-0.3, -0.25) is 9.67 Å². The third-order valence-corrected chi connectivity index (χ3v) is 2.47. The minimum Gasteiger partial charge on any atom is -0.365 e. The van der Waals surface area contributed by atoms with Crippen LogP contribution < -0.4 is 5.32 Å². The molecule has 2 rings (SSSR count). The van der Waals surface area contributed by atoms with Crippen molar-refractivity contribution < 1.29 is 0 Å². The van der Waals surface area contributed by atoms with Gasteiger partial charge in [0.15, 0.2) is 0 Å². The number of hydrogen-bond acceptors (Lipinski definition) is 3. The third kappa shape index (κ3) is 2.39. The van der Waals surface area contributed by atoms with Gasteiger partial charge in [0.25, 0.3) is 0 Å². The summed E-state index contributed by atoms with van der Waals surface area (Å²) in [5, 5.41) is 7.70. The molecule has 0 amide bonds. The summed E-state index contributed by atoms with van der Waals surface area (Å²) < 4.78 is 1.86. The van der Waals surface area contributed by atoms with Gasteiger partial charge < -0.3 is 5.32 Å². The van der Waals surface area contributed by atoms with Crippen LogP contribution in [0.2, 0.25) is 0 Å². The number of nitrogens with zero attached hydrogens (tertiary/aromatic N) is 3. The first-order chi connectivity index (χ1) is 7.79. The van der Waals surface area contributed by atoms with Gasteiger partial charge in [0.1, 0.15) is 5.82 Å². The fourth-order valence-corrected chi connectivity index (χ4v) is 1.55. The van der Waals surface area contributed by atoms with Crippen molar-refractivity contribution in [3.63, 3.8) is 0 Å². The number of pyridine rings is 1. The molecule has 0 aromatic carbocycles. The Kier molecular flexibility index (Phi) is 3.19. The van der Waals surface area contributed by atoms with Gasteiger partial charge in [0.2, 0.25) is 0 Å². The highest BCUT2D eigenvalue weighted by molar-refractivity contribution is 5.37. The van der Waals surface area contributed by atoms with Crippen LogP contribution in [-0.4, -0.2) is 14.8 Å². The van der Waals surface area contributed by atoms with Crippen LogP contribution in [0.3, 0.4) is 0 Å². The van der Waals surface area contributed by atoms with Gasteiger partial charge in [-0.25, -0.2) is 0 Å². The van der Waals surface area contributed by atoms with Gasteiger partial charge in [-0.05, 0) is 18.6 Å². The van der Waals surface area contributed by atoms with Crippen molar-refractivity contribution in [1.29, 1.82) is 0 Å². The molecule has 2 aromatic rings. The first-order valence-electron chi connectivity index (χ1n) is 5.46. The first-order valence-corrected chi connectivity index (χ1v) is 5.46. The van der Waals surface area contributed by atoms with E-state index in [1.54, 1.807) is 6.20 Å². The lowest BCUT2D eigenvalue weighted by molar-refractivity contribution is 0.747. The fourth-order valence-electron chi connectivity index (χ4n) is 1.55. The molecule has 0 unspecified atom stereocenters. The molecule has 0 radical (unpaired) electrons. The second kappa shape index (κ2) is 4.79. The number of aromatic nitrogens is 3. The minimum absolute atomic E-state index is 0.726. The van der Waals surface area contributed by atoms with E-state index in [9.17, 15) is 0 Å². The SMILES string of the molecule is CCc1cc(NCc2ccccn2)n(C)n1. The summed E-state index contributed by atoms with van der Waals surface area (Å²) in [6.45, 7) is 2.83. The van der Waals surface area contributed by atoms with Crippen molar-refractivity contribution in [3.05, 3.63) is 41.9 Å². The van der Waals surface area contributed by atoms with Crippen LogP contribution >= 0.6 is 0 Å². The van der Waals surface area contributed by atoms with E-state index in [4.69, 9.17) is 0 Å². The van der Waals surface area contributed by atoms with Crippen molar-refractivity contribution in [1.82, 2.24) is 14.8 Å². The molecular weight excluding hydrogens is 200 g/mol. The van der Waals surface area contributed by atoms with Crippen LogP contribution in [0.1, 0.15) is 18.3 Å². The summed E-state index contributed by atoms with van der Waals surface area (Å²) in [4.78, 5) is 4.26. The van der Waals surface area contributed by atoms with Gasteiger partial charge in [0.05, 0.1) is 17.9 Å². The number of rotatable bonds is 4. The topological polar surface area (TPSA) is 42.7 Å². The Morgan fingerprint density at radius 3 is 2.81 bits per heavy atom. The van der Waals surface area contributed by atoms with Crippen LogP contribution in [0.25, 0.3) is 0 Å². The lowest BCUT2D eigenvalue weighted by Crippen LogP contribution is -2.05. The minimum atomic E-state index is 0.726. The van der Waals surface area contributed by atoms with Crippen molar-refractivity contribution in [3.8, 4) is 0 Å². The van der Waals surface area contributed by atoms with E-state index < -0.39 is 0 Å². The zero-order chi connectivity index (χ0) is 11.4. The summed E-state index contributed by atoms with van der Waals surface area (Å²) in [5.41, 5.74) is 2.13. The average Bonchev–Trinajstić information content (AvgIpc) is 2.69. The van der Waals surface area contributed by atoms with E-state index in [1.165, 1.54) is 0 Å². The number of hydrogen-bond donors (Lipinski definition) is 1. The van der Waals surface area contributed by atoms with E-state index in [0.717, 1.165) is 30.2 Å². The Labute approximate surface area is 95.3 Å². The largest absolute Gasteiger partial charge is 0.365 e. The molecule has 0 saturated carbocycles. The van der Waals surface area contributed by atoms with Crippen molar-refractivity contribution >= 4 is 5.82 Å². The van der Waals surface area contributed by atoms with E-state index in [-0.39, 0.29) is 0 Å². The molecule has 0 atom stereocenters. The molecule has 0 bridgehead atoms. The van der Waals surface area contributed by atoms with Gasteiger partial charge in [-0.15, -0.1) is 0 Å². The van der Waals surface area contributed by atoms with Crippen molar-refractivity contribution in [2.24, 2.45) is 7.05 Å². The van der Waals surface area contributed by atoms with Gasteiger partial charge in [-0.2, -0.15) is 5.10 Å². The zero-order valence-corrected chi connectivity index (χ0v) is 9.64. The molecule has 4 nitrogen and oxygen atoms in total. The fraction of sp³-hybridized carbons (Fsp3) is 0.333. The van der Waals surface area contributed by atoms with E-state index >= 15 is 0 Å². The normalized spacial score (nSPS) is 10.4. The second-order valence-corrected chi connectivity index (χ2v) is 3.67. The number of aryl methyl sites for hydroxylation is 2. The van der Waals surface area contributed by atoms with E-state index in [0.29, 0.717) is 0 Å². The Balaban J connectivity index is 2.02. The smallest absolute Gasteiger partial charge is 0.124 e. The standard InChI is InChI=1S/C12H16N4/c1-3-10-8-12(16(2)15-10)14-9-11-6-4-5-7-13-11/h4-8,14H,3,9H2,1-2H3. The molecule has 4 heteroatoms. The van der Waals surface area contributed by atoms with Crippen LogP contribution in [0, 0.1) is 0 Å². The van der Waals surface area contributed by atoms with Gasteiger partial charge >= 0.3 is 0 Å². The first kappa shape index (κ1) is 10.7. The average molecular weight is 216 g/mol. The molecule has 16 heavy (non-hydrogen) atoms. The summed E-state index contributed by atoms with van der Waals surface area (Å²) in [6.07, 6.45) is 2.76.